The van der Waals surface area contributed by atoms with Gasteiger partial charge in [0.05, 0.1) is 6.04 Å². The van der Waals surface area contributed by atoms with E-state index in [1.54, 1.807) is 0 Å². The highest BCUT2D eigenvalue weighted by molar-refractivity contribution is 5.84. The zero-order valence-electron chi connectivity index (χ0n) is 11.4. The molecule has 0 radical (unpaired) electrons. The van der Waals surface area contributed by atoms with Crippen molar-refractivity contribution in [2.45, 2.75) is 63.5 Å². The van der Waals surface area contributed by atoms with E-state index in [9.17, 15) is 4.79 Å². The molecule has 3 heteroatoms. The average Bonchev–Trinajstić information content (AvgIpc) is 2.59. The van der Waals surface area contributed by atoms with Crippen LogP contribution in [0.15, 0.2) is 0 Å². The maximum atomic E-state index is 12.3. The van der Waals surface area contributed by atoms with Crippen molar-refractivity contribution in [2.75, 3.05) is 26.2 Å². The Morgan fingerprint density at radius 1 is 0.833 bits per heavy atom. The number of nitrogens with zero attached hydrogens (tertiary/aromatic N) is 2. The first-order valence-corrected chi connectivity index (χ1v) is 7.85. The molecule has 2 atom stereocenters. The zero-order chi connectivity index (χ0) is 12.4. The number of carbonyl (C=O) groups is 1. The topological polar surface area (TPSA) is 23.6 Å². The largest absolute Gasteiger partial charge is 0.299 e. The smallest absolute Gasteiger partial charge is 0.149 e. The molecule has 0 amide bonds. The summed E-state index contributed by atoms with van der Waals surface area (Å²) in [5.74, 6) is 0.527. The fourth-order valence-electron chi connectivity index (χ4n) is 4.05. The molecule has 102 valence electrons. The third-order valence-electron chi connectivity index (χ3n) is 5.05. The van der Waals surface area contributed by atoms with Gasteiger partial charge in [-0.2, -0.15) is 0 Å². The second-order valence-electron chi connectivity index (χ2n) is 6.26. The van der Waals surface area contributed by atoms with E-state index in [1.165, 1.54) is 45.2 Å². The van der Waals surface area contributed by atoms with Crippen LogP contribution >= 0.6 is 0 Å². The molecule has 3 rings (SSSR count). The Bertz CT molecular complexity index is 305. The molecule has 0 aromatic carbocycles. The van der Waals surface area contributed by atoms with Gasteiger partial charge in [0.1, 0.15) is 5.78 Å². The molecule has 0 aromatic heterocycles. The number of hydrogen-bond acceptors (Lipinski definition) is 3. The molecule has 1 aliphatic carbocycles. The second-order valence-corrected chi connectivity index (χ2v) is 6.26. The summed E-state index contributed by atoms with van der Waals surface area (Å²) >= 11 is 0. The van der Waals surface area contributed by atoms with Gasteiger partial charge in [0.25, 0.3) is 0 Å². The Morgan fingerprint density at radius 3 is 2.61 bits per heavy atom. The van der Waals surface area contributed by atoms with Crippen molar-refractivity contribution in [3.05, 3.63) is 0 Å². The molecule has 0 aromatic rings. The van der Waals surface area contributed by atoms with Crippen molar-refractivity contribution >= 4 is 5.78 Å². The van der Waals surface area contributed by atoms with Crippen LogP contribution in [0, 0.1) is 0 Å². The summed E-state index contributed by atoms with van der Waals surface area (Å²) in [5, 5.41) is 0. The van der Waals surface area contributed by atoms with Crippen LogP contribution in [0.1, 0.15) is 51.4 Å². The van der Waals surface area contributed by atoms with E-state index in [2.05, 4.69) is 9.80 Å². The van der Waals surface area contributed by atoms with Gasteiger partial charge in [-0.3, -0.25) is 14.6 Å². The van der Waals surface area contributed by atoms with E-state index in [0.29, 0.717) is 5.78 Å². The minimum absolute atomic E-state index is 0.257. The SMILES string of the molecule is O=C1CCCCCC1N1CCCN2CCCC2C1. The lowest BCUT2D eigenvalue weighted by Gasteiger charge is -2.31. The summed E-state index contributed by atoms with van der Waals surface area (Å²) in [7, 11) is 0. The van der Waals surface area contributed by atoms with Crippen LogP contribution in [0.3, 0.4) is 0 Å². The number of Topliss-reactive ketones (excluding diaryl/α,β-unsaturated/α-hetero) is 1. The van der Waals surface area contributed by atoms with Gasteiger partial charge in [-0.1, -0.05) is 12.8 Å². The lowest BCUT2D eigenvalue weighted by Crippen LogP contribution is -2.45. The lowest BCUT2D eigenvalue weighted by atomic mass is 10.0. The number of rotatable bonds is 1. The summed E-state index contributed by atoms with van der Waals surface area (Å²) in [5.41, 5.74) is 0. The summed E-state index contributed by atoms with van der Waals surface area (Å²) in [4.78, 5) is 17.4. The molecule has 3 aliphatic rings. The normalized spacial score (nSPS) is 36.1. The van der Waals surface area contributed by atoms with Gasteiger partial charge in [0.2, 0.25) is 0 Å². The Balaban J connectivity index is 1.68. The Hall–Kier alpha value is -0.410. The minimum Gasteiger partial charge on any atom is -0.299 e. The fourth-order valence-corrected chi connectivity index (χ4v) is 4.05. The van der Waals surface area contributed by atoms with Gasteiger partial charge >= 0.3 is 0 Å². The van der Waals surface area contributed by atoms with Crippen LogP contribution in [0.25, 0.3) is 0 Å². The first-order chi connectivity index (χ1) is 8.84. The van der Waals surface area contributed by atoms with Crippen molar-refractivity contribution < 1.29 is 4.79 Å². The summed E-state index contributed by atoms with van der Waals surface area (Å²) in [6.45, 7) is 4.83. The van der Waals surface area contributed by atoms with E-state index >= 15 is 0 Å². The number of fused-ring (bicyclic) bond motifs is 1. The molecule has 2 saturated heterocycles. The highest BCUT2D eigenvalue weighted by atomic mass is 16.1. The monoisotopic (exact) mass is 250 g/mol. The molecule has 0 N–H and O–H groups in total. The first kappa shape index (κ1) is 12.6. The van der Waals surface area contributed by atoms with Gasteiger partial charge in [-0.25, -0.2) is 0 Å². The Kier molecular flexibility index (Phi) is 4.00. The van der Waals surface area contributed by atoms with Crippen molar-refractivity contribution in [3.63, 3.8) is 0 Å². The van der Waals surface area contributed by atoms with Crippen LogP contribution in [-0.4, -0.2) is 53.8 Å². The molecule has 1 saturated carbocycles. The third-order valence-corrected chi connectivity index (χ3v) is 5.05. The second kappa shape index (κ2) is 5.70. The summed E-state index contributed by atoms with van der Waals surface area (Å²) in [6, 6.07) is 0.997. The number of hydrogen-bond donors (Lipinski definition) is 0. The molecule has 3 nitrogen and oxygen atoms in total. The predicted octanol–water partition coefficient (Wildman–Crippen LogP) is 2.06. The fraction of sp³-hybridized carbons (Fsp3) is 0.933. The quantitative estimate of drug-likeness (QED) is 0.666. The Labute approximate surface area is 111 Å². The maximum absolute atomic E-state index is 12.3. The molecule has 2 heterocycles. The lowest BCUT2D eigenvalue weighted by molar-refractivity contribution is -0.124. The van der Waals surface area contributed by atoms with Crippen LogP contribution in [-0.2, 0) is 4.79 Å². The predicted molar refractivity (Wildman–Crippen MR) is 72.7 cm³/mol. The van der Waals surface area contributed by atoms with E-state index in [4.69, 9.17) is 0 Å². The van der Waals surface area contributed by atoms with Crippen molar-refractivity contribution in [3.8, 4) is 0 Å². The average molecular weight is 250 g/mol. The first-order valence-electron chi connectivity index (χ1n) is 7.85. The maximum Gasteiger partial charge on any atom is 0.149 e. The van der Waals surface area contributed by atoms with Gasteiger partial charge in [0.15, 0.2) is 0 Å². The molecule has 0 bridgehead atoms. The standard InChI is InChI=1S/C15H26N2O/c18-15-8-3-1-2-7-14(15)17-11-5-10-16-9-4-6-13(16)12-17/h13-14H,1-12H2. The van der Waals surface area contributed by atoms with Crippen LogP contribution < -0.4 is 0 Å². The van der Waals surface area contributed by atoms with Gasteiger partial charge in [-0.15, -0.1) is 0 Å². The zero-order valence-corrected chi connectivity index (χ0v) is 11.4. The van der Waals surface area contributed by atoms with Crippen LogP contribution in [0.2, 0.25) is 0 Å². The van der Waals surface area contributed by atoms with Gasteiger partial charge in [-0.05, 0) is 45.2 Å². The van der Waals surface area contributed by atoms with E-state index in [-0.39, 0.29) is 6.04 Å². The van der Waals surface area contributed by atoms with Gasteiger partial charge in [0, 0.05) is 25.6 Å². The molecule has 18 heavy (non-hydrogen) atoms. The Morgan fingerprint density at radius 2 is 1.67 bits per heavy atom. The van der Waals surface area contributed by atoms with Crippen LogP contribution in [0.4, 0.5) is 0 Å². The van der Waals surface area contributed by atoms with Crippen LogP contribution in [0.5, 0.6) is 0 Å². The highest BCUT2D eigenvalue weighted by Crippen LogP contribution is 2.26. The van der Waals surface area contributed by atoms with Crippen molar-refractivity contribution in [2.24, 2.45) is 0 Å². The molecule has 3 fully saturated rings. The summed E-state index contributed by atoms with van der Waals surface area (Å²) in [6.07, 6.45) is 9.53. The highest BCUT2D eigenvalue weighted by Gasteiger charge is 2.34. The minimum atomic E-state index is 0.257. The van der Waals surface area contributed by atoms with E-state index in [0.717, 1.165) is 38.4 Å². The summed E-state index contributed by atoms with van der Waals surface area (Å²) < 4.78 is 0. The molecule has 2 aliphatic heterocycles. The number of carbonyl (C=O) groups excluding carboxylic acids is 1. The molecule has 2 unspecified atom stereocenters. The van der Waals surface area contributed by atoms with E-state index in [1.807, 2.05) is 0 Å². The molecular formula is C15H26N2O. The molecular weight excluding hydrogens is 224 g/mol. The van der Waals surface area contributed by atoms with Gasteiger partial charge < -0.3 is 0 Å². The van der Waals surface area contributed by atoms with Crippen molar-refractivity contribution in [1.29, 1.82) is 0 Å². The van der Waals surface area contributed by atoms with Crippen molar-refractivity contribution in [1.82, 2.24) is 9.80 Å². The third kappa shape index (κ3) is 2.62. The number of ketones is 1. The van der Waals surface area contributed by atoms with E-state index < -0.39 is 0 Å². The molecule has 0 spiro atoms.